The zero-order valence-corrected chi connectivity index (χ0v) is 14.4. The molecule has 5 heteroatoms. The van der Waals surface area contributed by atoms with E-state index in [1.807, 2.05) is 25.7 Å². The van der Waals surface area contributed by atoms with Gasteiger partial charge in [-0.1, -0.05) is 0 Å². The van der Waals surface area contributed by atoms with Crippen LogP contribution in [0.15, 0.2) is 0 Å². The van der Waals surface area contributed by atoms with Crippen molar-refractivity contribution in [1.82, 2.24) is 10.2 Å². The Morgan fingerprint density at radius 1 is 1.18 bits per heavy atom. The van der Waals surface area contributed by atoms with Gasteiger partial charge in [-0.05, 0) is 65.3 Å². The summed E-state index contributed by atoms with van der Waals surface area (Å²) in [5.41, 5.74) is -0.422. The van der Waals surface area contributed by atoms with Crippen molar-refractivity contribution in [2.24, 2.45) is 5.92 Å². The molecule has 5 nitrogen and oxygen atoms in total. The normalized spacial score (nSPS) is 24.3. The molecule has 0 aromatic rings. The van der Waals surface area contributed by atoms with E-state index in [1.54, 1.807) is 0 Å². The summed E-state index contributed by atoms with van der Waals surface area (Å²) in [4.78, 5) is 14.3. The van der Waals surface area contributed by atoms with E-state index in [2.05, 4.69) is 5.32 Å². The highest BCUT2D eigenvalue weighted by Crippen LogP contribution is 2.20. The molecule has 2 fully saturated rings. The number of hydrogen-bond donors (Lipinski definition) is 1. The summed E-state index contributed by atoms with van der Waals surface area (Å²) < 4.78 is 10.9. The third kappa shape index (κ3) is 5.76. The smallest absolute Gasteiger partial charge is 0.410 e. The molecule has 2 saturated heterocycles. The van der Waals surface area contributed by atoms with Gasteiger partial charge in [0.1, 0.15) is 5.60 Å². The Bertz CT molecular complexity index is 348. The van der Waals surface area contributed by atoms with Crippen LogP contribution >= 0.6 is 0 Å². The van der Waals surface area contributed by atoms with Gasteiger partial charge in [-0.2, -0.15) is 0 Å². The lowest BCUT2D eigenvalue weighted by molar-refractivity contribution is 0.00963. The Balaban J connectivity index is 1.77. The maximum Gasteiger partial charge on any atom is 0.410 e. The van der Waals surface area contributed by atoms with Crippen molar-refractivity contribution in [3.05, 3.63) is 0 Å². The molecule has 0 saturated carbocycles. The summed E-state index contributed by atoms with van der Waals surface area (Å²) in [6.45, 7) is 10.3. The first kappa shape index (κ1) is 17.5. The van der Waals surface area contributed by atoms with Gasteiger partial charge in [0.05, 0.1) is 0 Å². The lowest BCUT2D eigenvalue weighted by Gasteiger charge is -2.37. The maximum absolute atomic E-state index is 12.3. The van der Waals surface area contributed by atoms with Crippen molar-refractivity contribution < 1.29 is 14.3 Å². The number of carbonyl (C=O) groups is 1. The van der Waals surface area contributed by atoms with Crippen LogP contribution in [-0.2, 0) is 9.47 Å². The Morgan fingerprint density at radius 3 is 2.59 bits per heavy atom. The van der Waals surface area contributed by atoms with Crippen LogP contribution in [-0.4, -0.2) is 55.5 Å². The maximum atomic E-state index is 12.3. The number of hydrogen-bond acceptors (Lipinski definition) is 4. The van der Waals surface area contributed by atoms with Gasteiger partial charge < -0.3 is 19.7 Å². The van der Waals surface area contributed by atoms with E-state index >= 15 is 0 Å². The lowest BCUT2D eigenvalue weighted by Crippen LogP contribution is -2.50. The van der Waals surface area contributed by atoms with Gasteiger partial charge in [-0.3, -0.25) is 0 Å². The van der Waals surface area contributed by atoms with Crippen LogP contribution in [0.4, 0.5) is 4.79 Å². The largest absolute Gasteiger partial charge is 0.444 e. The van der Waals surface area contributed by atoms with E-state index in [-0.39, 0.29) is 12.1 Å². The van der Waals surface area contributed by atoms with E-state index < -0.39 is 5.60 Å². The Kier molecular flexibility index (Phi) is 6.50. The second-order valence-corrected chi connectivity index (χ2v) is 7.54. The van der Waals surface area contributed by atoms with Crippen LogP contribution < -0.4 is 5.32 Å². The minimum atomic E-state index is -0.422. The van der Waals surface area contributed by atoms with Crippen molar-refractivity contribution in [1.29, 1.82) is 0 Å². The van der Waals surface area contributed by atoms with Gasteiger partial charge in [0.15, 0.2) is 0 Å². The molecule has 0 aromatic carbocycles. The standard InChI is InChI=1S/C17H32N2O3/c1-17(2,3)22-16(20)19-9-5-4-6-15(19)13-18-12-14-7-10-21-11-8-14/h14-15,18H,4-13H2,1-3H3. The molecular weight excluding hydrogens is 280 g/mol. The van der Waals surface area contributed by atoms with Crippen LogP contribution in [0.3, 0.4) is 0 Å². The number of ether oxygens (including phenoxy) is 2. The summed E-state index contributed by atoms with van der Waals surface area (Å²) in [7, 11) is 0. The molecule has 1 N–H and O–H groups in total. The lowest BCUT2D eigenvalue weighted by atomic mass is 9.99. The molecule has 1 amide bonds. The summed E-state index contributed by atoms with van der Waals surface area (Å²) in [6.07, 6.45) is 5.48. The molecule has 22 heavy (non-hydrogen) atoms. The molecule has 2 aliphatic heterocycles. The third-order valence-electron chi connectivity index (χ3n) is 4.41. The van der Waals surface area contributed by atoms with Gasteiger partial charge >= 0.3 is 6.09 Å². The number of carbonyl (C=O) groups excluding carboxylic acids is 1. The van der Waals surface area contributed by atoms with Crippen molar-refractivity contribution in [3.63, 3.8) is 0 Å². The van der Waals surface area contributed by atoms with Crippen molar-refractivity contribution in [2.45, 2.75) is 64.5 Å². The van der Waals surface area contributed by atoms with Crippen LogP contribution in [0, 0.1) is 5.92 Å². The molecule has 128 valence electrons. The van der Waals surface area contributed by atoms with Crippen LogP contribution in [0.25, 0.3) is 0 Å². The molecule has 1 atom stereocenters. The van der Waals surface area contributed by atoms with Crippen molar-refractivity contribution in [2.75, 3.05) is 32.8 Å². The first-order chi connectivity index (χ1) is 10.5. The van der Waals surface area contributed by atoms with E-state index in [0.717, 1.165) is 58.5 Å². The van der Waals surface area contributed by atoms with Crippen LogP contribution in [0.2, 0.25) is 0 Å². The summed E-state index contributed by atoms with van der Waals surface area (Å²) in [5, 5.41) is 3.57. The highest BCUT2D eigenvalue weighted by molar-refractivity contribution is 5.68. The fourth-order valence-corrected chi connectivity index (χ4v) is 3.18. The molecule has 0 bridgehead atoms. The molecule has 0 radical (unpaired) electrons. The van der Waals surface area contributed by atoms with E-state index in [0.29, 0.717) is 5.92 Å². The van der Waals surface area contributed by atoms with Gasteiger partial charge in [-0.25, -0.2) is 4.79 Å². The minimum absolute atomic E-state index is 0.162. The summed E-state index contributed by atoms with van der Waals surface area (Å²) in [5.74, 6) is 0.715. The number of piperidine rings is 1. The Morgan fingerprint density at radius 2 is 1.91 bits per heavy atom. The first-order valence-electron chi connectivity index (χ1n) is 8.74. The third-order valence-corrected chi connectivity index (χ3v) is 4.41. The number of nitrogens with one attached hydrogen (secondary N) is 1. The predicted octanol–water partition coefficient (Wildman–Crippen LogP) is 2.79. The first-order valence-corrected chi connectivity index (χ1v) is 8.74. The van der Waals surface area contributed by atoms with Crippen LogP contribution in [0.5, 0.6) is 0 Å². The van der Waals surface area contributed by atoms with Crippen molar-refractivity contribution >= 4 is 6.09 Å². The zero-order valence-electron chi connectivity index (χ0n) is 14.4. The number of amides is 1. The second kappa shape index (κ2) is 8.16. The monoisotopic (exact) mass is 312 g/mol. The Labute approximate surface area is 134 Å². The zero-order chi connectivity index (χ0) is 16.0. The average Bonchev–Trinajstić information content (AvgIpc) is 2.47. The van der Waals surface area contributed by atoms with E-state index in [4.69, 9.17) is 9.47 Å². The summed E-state index contributed by atoms with van der Waals surface area (Å²) in [6, 6.07) is 0.267. The fraction of sp³-hybridized carbons (Fsp3) is 0.941. The van der Waals surface area contributed by atoms with Crippen molar-refractivity contribution in [3.8, 4) is 0 Å². The SMILES string of the molecule is CC(C)(C)OC(=O)N1CCCCC1CNCC1CCOCC1. The van der Waals surface area contributed by atoms with Gasteiger partial charge in [0, 0.05) is 32.3 Å². The highest BCUT2D eigenvalue weighted by atomic mass is 16.6. The number of likely N-dealkylation sites (tertiary alicyclic amines) is 1. The summed E-state index contributed by atoms with van der Waals surface area (Å²) >= 11 is 0. The molecule has 1 unspecified atom stereocenters. The topological polar surface area (TPSA) is 50.8 Å². The molecular formula is C17H32N2O3. The quantitative estimate of drug-likeness (QED) is 0.867. The number of nitrogens with zero attached hydrogens (tertiary/aromatic N) is 1. The molecule has 0 aliphatic carbocycles. The molecule has 2 heterocycles. The molecule has 2 aliphatic rings. The van der Waals surface area contributed by atoms with Gasteiger partial charge in [0.25, 0.3) is 0 Å². The molecule has 0 spiro atoms. The van der Waals surface area contributed by atoms with E-state index in [1.165, 1.54) is 6.42 Å². The van der Waals surface area contributed by atoms with E-state index in [9.17, 15) is 4.79 Å². The fourth-order valence-electron chi connectivity index (χ4n) is 3.18. The molecule has 0 aromatic heterocycles. The Hall–Kier alpha value is -0.810. The van der Waals surface area contributed by atoms with Crippen LogP contribution in [0.1, 0.15) is 52.9 Å². The predicted molar refractivity (Wildman–Crippen MR) is 87.0 cm³/mol. The van der Waals surface area contributed by atoms with Gasteiger partial charge in [-0.15, -0.1) is 0 Å². The molecule has 2 rings (SSSR count). The average molecular weight is 312 g/mol. The number of rotatable bonds is 4. The highest BCUT2D eigenvalue weighted by Gasteiger charge is 2.30. The second-order valence-electron chi connectivity index (χ2n) is 7.54. The van der Waals surface area contributed by atoms with Gasteiger partial charge in [0.2, 0.25) is 0 Å². The minimum Gasteiger partial charge on any atom is -0.444 e.